The Morgan fingerprint density at radius 1 is 0.957 bits per heavy atom. The number of fused-ring (bicyclic) bond motifs is 1. The van der Waals surface area contributed by atoms with Crippen LogP contribution in [0.4, 0.5) is 10.6 Å². The van der Waals surface area contributed by atoms with Gasteiger partial charge in [-0.1, -0.05) is 12.1 Å². The minimum absolute atomic E-state index is 0.154. The molecule has 1 spiro atoms. The summed E-state index contributed by atoms with van der Waals surface area (Å²) in [5, 5.41) is 10.3. The van der Waals surface area contributed by atoms with E-state index in [0.29, 0.717) is 40.6 Å². The standard InChI is InChI=1S/C36H53N7O3/c1-35(2,3)46-34(45)43-22-36(23-43)19-26(20-36)41-15-8-24(9-16-41)40-13-10-25(11-14-40)42-17-12-31-29(21-42)28(33(38)39-31)18-30(37)27-6-4-5-7-32(27)44/h4-7,18,24-26,39,44H,8-17,19-23,37-38H2,1-3H3/b30-18-. The minimum atomic E-state index is -0.427. The average Bonchev–Trinajstić information content (AvgIpc) is 3.29. The lowest BCUT2D eigenvalue weighted by molar-refractivity contribution is -0.113. The van der Waals surface area contributed by atoms with Crippen LogP contribution in [0.25, 0.3) is 11.8 Å². The number of anilines is 1. The summed E-state index contributed by atoms with van der Waals surface area (Å²) in [6, 6.07) is 9.14. The van der Waals surface area contributed by atoms with Gasteiger partial charge in [-0.25, -0.2) is 4.79 Å². The van der Waals surface area contributed by atoms with Gasteiger partial charge >= 0.3 is 6.09 Å². The molecule has 1 aromatic carbocycles. The van der Waals surface area contributed by atoms with E-state index >= 15 is 0 Å². The number of phenols is 1. The Bertz CT molecular complexity index is 1450. The molecule has 0 unspecified atom stereocenters. The van der Waals surface area contributed by atoms with Crippen LogP contribution in [0.3, 0.4) is 0 Å². The lowest BCUT2D eigenvalue weighted by atomic mass is 9.60. The van der Waals surface area contributed by atoms with Crippen molar-refractivity contribution in [2.75, 3.05) is 51.5 Å². The Balaban J connectivity index is 0.866. The highest BCUT2D eigenvalue weighted by Gasteiger charge is 2.55. The molecule has 46 heavy (non-hydrogen) atoms. The molecule has 1 saturated carbocycles. The largest absolute Gasteiger partial charge is 0.507 e. The van der Waals surface area contributed by atoms with Crippen LogP contribution in [-0.2, 0) is 17.7 Å². The zero-order chi connectivity index (χ0) is 32.2. The van der Waals surface area contributed by atoms with Crippen molar-refractivity contribution in [2.24, 2.45) is 11.1 Å². The molecule has 1 aliphatic carbocycles. The van der Waals surface area contributed by atoms with E-state index in [2.05, 4.69) is 19.7 Å². The number of likely N-dealkylation sites (tertiary alicyclic amines) is 3. The minimum Gasteiger partial charge on any atom is -0.507 e. The first-order chi connectivity index (χ1) is 22.0. The lowest BCUT2D eigenvalue weighted by Gasteiger charge is -2.61. The van der Waals surface area contributed by atoms with Crippen LogP contribution in [0.1, 0.15) is 81.7 Å². The Kier molecular flexibility index (Phi) is 8.26. The number of carbonyl (C=O) groups is 1. The number of para-hydroxylation sites is 1. The molecular weight excluding hydrogens is 578 g/mol. The molecule has 4 aliphatic heterocycles. The number of nitrogens with one attached hydrogen (secondary N) is 1. The fourth-order valence-corrected chi connectivity index (χ4v) is 8.90. The Hall–Kier alpha value is -3.21. The second-order valence-electron chi connectivity index (χ2n) is 15.7. The lowest BCUT2D eigenvalue weighted by Crippen LogP contribution is -2.68. The third-order valence-electron chi connectivity index (χ3n) is 11.4. The number of amides is 1. The zero-order valence-corrected chi connectivity index (χ0v) is 27.9. The number of carbonyl (C=O) groups excluding carboxylic acids is 1. The van der Waals surface area contributed by atoms with E-state index < -0.39 is 5.60 Å². The molecule has 7 rings (SSSR count). The number of aromatic nitrogens is 1. The van der Waals surface area contributed by atoms with Crippen LogP contribution < -0.4 is 11.5 Å². The van der Waals surface area contributed by atoms with Gasteiger partial charge in [0, 0.05) is 78.7 Å². The predicted octanol–water partition coefficient (Wildman–Crippen LogP) is 4.45. The van der Waals surface area contributed by atoms with Crippen molar-refractivity contribution in [3.63, 3.8) is 0 Å². The van der Waals surface area contributed by atoms with Crippen molar-refractivity contribution < 1.29 is 14.6 Å². The van der Waals surface area contributed by atoms with E-state index in [4.69, 9.17) is 16.2 Å². The zero-order valence-electron chi connectivity index (χ0n) is 27.9. The van der Waals surface area contributed by atoms with Gasteiger partial charge in [-0.15, -0.1) is 0 Å². The highest BCUT2D eigenvalue weighted by atomic mass is 16.6. The van der Waals surface area contributed by atoms with E-state index in [1.54, 1.807) is 12.1 Å². The maximum Gasteiger partial charge on any atom is 0.410 e. The van der Waals surface area contributed by atoms with Gasteiger partial charge in [0.1, 0.15) is 17.2 Å². The highest BCUT2D eigenvalue weighted by Crippen LogP contribution is 2.51. The number of hydrogen-bond donors (Lipinski definition) is 4. The number of nitrogen functional groups attached to an aromatic ring is 1. The van der Waals surface area contributed by atoms with Gasteiger partial charge in [0.2, 0.25) is 0 Å². The average molecular weight is 632 g/mol. The van der Waals surface area contributed by atoms with Crippen molar-refractivity contribution in [3.8, 4) is 5.75 Å². The predicted molar refractivity (Wildman–Crippen MR) is 182 cm³/mol. The highest BCUT2D eigenvalue weighted by molar-refractivity contribution is 5.86. The molecule has 5 aliphatic rings. The maximum atomic E-state index is 12.4. The number of ether oxygens (including phenoxy) is 1. The fourth-order valence-electron chi connectivity index (χ4n) is 8.90. The van der Waals surface area contributed by atoms with E-state index in [1.165, 1.54) is 76.0 Å². The van der Waals surface area contributed by atoms with Crippen molar-refractivity contribution in [1.29, 1.82) is 0 Å². The number of phenolic OH excluding ortho intramolecular Hbond substituents is 1. The topological polar surface area (TPSA) is 127 Å². The molecule has 0 radical (unpaired) electrons. The molecular formula is C36H53N7O3. The molecule has 1 aromatic heterocycles. The first-order valence-corrected chi connectivity index (χ1v) is 17.4. The van der Waals surface area contributed by atoms with Crippen molar-refractivity contribution in [3.05, 3.63) is 46.6 Å². The molecule has 10 heteroatoms. The van der Waals surface area contributed by atoms with Gasteiger partial charge in [0.25, 0.3) is 0 Å². The van der Waals surface area contributed by atoms with Crippen molar-refractivity contribution >= 4 is 23.7 Å². The summed E-state index contributed by atoms with van der Waals surface area (Å²) in [7, 11) is 0. The smallest absolute Gasteiger partial charge is 0.410 e. The van der Waals surface area contributed by atoms with Crippen molar-refractivity contribution in [1.82, 2.24) is 24.6 Å². The van der Waals surface area contributed by atoms with Gasteiger partial charge in [-0.3, -0.25) is 4.90 Å². The third-order valence-corrected chi connectivity index (χ3v) is 11.4. The molecule has 0 bridgehead atoms. The normalized spacial score (nSPS) is 24.1. The van der Waals surface area contributed by atoms with Crippen molar-refractivity contribution in [2.45, 2.75) is 96.0 Å². The summed E-state index contributed by atoms with van der Waals surface area (Å²) >= 11 is 0. The number of hydrogen-bond acceptors (Lipinski definition) is 8. The van der Waals surface area contributed by atoms with Crippen LogP contribution >= 0.6 is 0 Å². The molecule has 10 nitrogen and oxygen atoms in total. The van der Waals surface area contributed by atoms with Crippen LogP contribution in [0.15, 0.2) is 24.3 Å². The second kappa shape index (κ2) is 12.1. The SMILES string of the molecule is CC(C)(C)OC(=O)N1CC2(CC(N3CCC(N4CCC(N5CCc6[nH]c(N)c(/C=C(\N)c7ccccc7O)c6C5)CC4)CC3)C2)C1. The first-order valence-electron chi connectivity index (χ1n) is 17.4. The van der Waals surface area contributed by atoms with Crippen LogP contribution in [0.5, 0.6) is 5.75 Å². The summed E-state index contributed by atoms with van der Waals surface area (Å²) in [6.07, 6.45) is 10.1. The molecule has 6 N–H and O–H groups in total. The number of rotatable bonds is 5. The van der Waals surface area contributed by atoms with Crippen LogP contribution in [0.2, 0.25) is 0 Å². The van der Waals surface area contributed by atoms with Gasteiger partial charge in [-0.05, 0) is 109 Å². The summed E-state index contributed by atoms with van der Waals surface area (Å²) in [5.74, 6) is 0.829. The second-order valence-corrected chi connectivity index (χ2v) is 15.7. The van der Waals surface area contributed by atoms with Gasteiger partial charge in [0.05, 0.1) is 0 Å². The van der Waals surface area contributed by atoms with E-state index in [9.17, 15) is 9.90 Å². The summed E-state index contributed by atoms with van der Waals surface area (Å²) < 4.78 is 5.56. The molecule has 1 amide bonds. The van der Waals surface area contributed by atoms with Crippen LogP contribution in [-0.4, -0.2) is 105 Å². The van der Waals surface area contributed by atoms with E-state index in [0.717, 1.165) is 38.2 Å². The number of aromatic hydroxyl groups is 1. The molecule has 3 saturated heterocycles. The quantitative estimate of drug-likeness (QED) is 0.382. The summed E-state index contributed by atoms with van der Waals surface area (Å²) in [5.41, 5.74) is 17.4. The fraction of sp³-hybridized carbons (Fsp3) is 0.639. The summed E-state index contributed by atoms with van der Waals surface area (Å²) in [6.45, 7) is 14.2. The molecule has 5 heterocycles. The van der Waals surface area contributed by atoms with E-state index in [-0.39, 0.29) is 11.8 Å². The number of nitrogens with two attached hydrogens (primary N) is 2. The summed E-state index contributed by atoms with van der Waals surface area (Å²) in [4.78, 5) is 25.8. The maximum absolute atomic E-state index is 12.4. The molecule has 250 valence electrons. The number of H-pyrrole nitrogens is 1. The van der Waals surface area contributed by atoms with E-state index in [1.807, 2.05) is 43.9 Å². The molecule has 2 aromatic rings. The van der Waals surface area contributed by atoms with Gasteiger partial charge < -0.3 is 41.0 Å². The number of aromatic amines is 1. The van der Waals surface area contributed by atoms with Gasteiger partial charge in [-0.2, -0.15) is 0 Å². The third kappa shape index (κ3) is 6.23. The number of piperidine rings is 2. The Morgan fingerprint density at radius 2 is 1.57 bits per heavy atom. The molecule has 4 fully saturated rings. The Labute approximate surface area is 273 Å². The first kappa shape index (κ1) is 31.4. The number of nitrogens with zero attached hydrogens (tertiary/aromatic N) is 4. The monoisotopic (exact) mass is 631 g/mol. The van der Waals surface area contributed by atoms with Gasteiger partial charge in [0.15, 0.2) is 0 Å². The number of benzene rings is 1. The Morgan fingerprint density at radius 3 is 2.20 bits per heavy atom. The molecule has 0 atom stereocenters. The van der Waals surface area contributed by atoms with Crippen LogP contribution in [0, 0.1) is 5.41 Å².